The fraction of sp³-hybridized carbons (Fsp3) is 0. The van der Waals surface area contributed by atoms with Crippen molar-refractivity contribution in [3.63, 3.8) is 0 Å². The minimum atomic E-state index is -0.722. The molecule has 0 bridgehead atoms. The van der Waals surface area contributed by atoms with Crippen LogP contribution in [0.3, 0.4) is 0 Å². The molecule has 0 saturated heterocycles. The average Bonchev–Trinajstić information content (AvgIpc) is 3.72. The molecule has 1 nitrogen and oxygen atoms in total. The van der Waals surface area contributed by atoms with E-state index in [1.54, 1.807) is 78.9 Å². The molecule has 0 fully saturated rings. The summed E-state index contributed by atoms with van der Waals surface area (Å²) in [6.45, 7) is 0. The molecule has 10 aromatic rings. The fourth-order valence-corrected chi connectivity index (χ4v) is 6.68. The molecule has 0 spiro atoms. The number of hydrogen-bond donors (Lipinski definition) is 0. The summed E-state index contributed by atoms with van der Waals surface area (Å²) >= 11 is 0. The van der Waals surface area contributed by atoms with E-state index in [9.17, 15) is 6.85 Å². The molecular formula is C48H30O. The lowest BCUT2D eigenvalue weighted by molar-refractivity contribution is 0.669. The van der Waals surface area contributed by atoms with E-state index in [-0.39, 0.29) is 61.5 Å². The van der Waals surface area contributed by atoms with Gasteiger partial charge in [-0.15, -0.1) is 0 Å². The number of fused-ring (bicyclic) bond motifs is 6. The number of furan rings is 1. The minimum Gasteiger partial charge on any atom is -0.456 e. The summed E-state index contributed by atoms with van der Waals surface area (Å²) in [5, 5.41) is 1.23. The summed E-state index contributed by atoms with van der Waals surface area (Å²) in [4.78, 5) is 0. The van der Waals surface area contributed by atoms with Gasteiger partial charge in [-0.1, -0.05) is 151 Å². The average molecular weight is 640 g/mol. The summed E-state index contributed by atoms with van der Waals surface area (Å²) in [6.07, 6.45) is 0. The van der Waals surface area contributed by atoms with Crippen molar-refractivity contribution >= 4 is 54.3 Å². The highest BCUT2D eigenvalue weighted by Crippen LogP contribution is 2.48. The van der Waals surface area contributed by atoms with Crippen LogP contribution in [0.15, 0.2) is 186 Å². The lowest BCUT2D eigenvalue weighted by Crippen LogP contribution is -1.93. The van der Waals surface area contributed by atoms with Gasteiger partial charge in [-0.25, -0.2) is 0 Å². The zero-order valence-corrected chi connectivity index (χ0v) is 25.4. The normalized spacial score (nSPS) is 16.5. The van der Waals surface area contributed by atoms with Crippen LogP contribution in [0.4, 0.5) is 0 Å². The van der Waals surface area contributed by atoms with Gasteiger partial charge in [0.1, 0.15) is 11.2 Å². The second-order valence-electron chi connectivity index (χ2n) is 11.5. The van der Waals surface area contributed by atoms with E-state index in [0.29, 0.717) is 38.2 Å². The lowest BCUT2D eigenvalue weighted by atomic mass is 9.83. The van der Waals surface area contributed by atoms with Crippen LogP contribution in [0, 0.1) is 0 Å². The van der Waals surface area contributed by atoms with E-state index in [4.69, 9.17) is 20.9 Å². The smallest absolute Gasteiger partial charge is 0.136 e. The third kappa shape index (κ3) is 4.40. The molecule has 0 amide bonds. The Kier molecular flexibility index (Phi) is 3.54. The predicted molar refractivity (Wildman–Crippen MR) is 208 cm³/mol. The van der Waals surface area contributed by atoms with Crippen LogP contribution >= 0.6 is 0 Å². The van der Waals surface area contributed by atoms with E-state index in [2.05, 4.69) is 0 Å². The van der Waals surface area contributed by atoms with Gasteiger partial charge in [0.05, 0.1) is 23.3 Å². The topological polar surface area (TPSA) is 13.1 Å². The van der Waals surface area contributed by atoms with Crippen LogP contribution in [0.1, 0.15) is 23.3 Å². The third-order valence-corrected chi connectivity index (χ3v) is 8.75. The summed E-state index contributed by atoms with van der Waals surface area (Å²) in [5.41, 5.74) is -0.285. The lowest BCUT2D eigenvalue weighted by Gasteiger charge is -2.20. The zero-order chi connectivity index (χ0) is 47.1. The van der Waals surface area contributed by atoms with Gasteiger partial charge in [0.2, 0.25) is 0 Å². The minimum absolute atomic E-state index is 0.0225. The first-order valence-corrected chi connectivity index (χ1v) is 15.5. The summed E-state index contributed by atoms with van der Waals surface area (Å²) < 4.78 is 159. The molecule has 9 aromatic carbocycles. The number of benzene rings is 9. The Bertz CT molecular complexity index is 3760. The molecule has 1 heterocycles. The first kappa shape index (κ1) is 15.6. The van der Waals surface area contributed by atoms with Crippen molar-refractivity contribution < 1.29 is 27.7 Å². The zero-order valence-electron chi connectivity index (χ0n) is 42.4. The van der Waals surface area contributed by atoms with Gasteiger partial charge in [0, 0.05) is 10.8 Å². The maximum atomic E-state index is 9.91. The van der Waals surface area contributed by atoms with Crippen molar-refractivity contribution in [1.82, 2.24) is 0 Å². The Hall–Kier alpha value is -6.44. The van der Waals surface area contributed by atoms with Crippen molar-refractivity contribution in [3.8, 4) is 44.5 Å². The molecule has 0 N–H and O–H groups in total. The molecular weight excluding hydrogens is 593 g/mol. The van der Waals surface area contributed by atoms with Crippen molar-refractivity contribution in [2.24, 2.45) is 0 Å². The van der Waals surface area contributed by atoms with Crippen molar-refractivity contribution in [2.45, 2.75) is 0 Å². The molecule has 0 aliphatic carbocycles. The van der Waals surface area contributed by atoms with Gasteiger partial charge in [-0.05, 0) is 107 Å². The summed E-state index contributed by atoms with van der Waals surface area (Å²) in [6, 6.07) is 13.0. The SMILES string of the molecule is [2H]c1c([2H])c([2H])c(-c2c([2H])c([2H])c3oc4c([2H])c([2H])c([2H])c(-c5c6ccccc6c(-c6c([2H])c(-c7ccccc7)c([2H])c7c([2H])c([2H])c([2H])c([2H])c67)c6ccccc56)c4c3c2[2H])c([2H])c1[2H]. The maximum Gasteiger partial charge on any atom is 0.136 e. The first-order chi connectivity index (χ1) is 31.4. The third-order valence-electron chi connectivity index (χ3n) is 8.75. The van der Waals surface area contributed by atoms with E-state index in [1.165, 1.54) is 0 Å². The van der Waals surface area contributed by atoms with Crippen LogP contribution in [0.25, 0.3) is 98.8 Å². The molecule has 0 saturated carbocycles. The molecule has 0 aliphatic rings. The number of rotatable bonds is 4. The van der Waals surface area contributed by atoms with Crippen molar-refractivity contribution in [3.05, 3.63) is 182 Å². The van der Waals surface area contributed by atoms with Crippen molar-refractivity contribution in [2.75, 3.05) is 0 Å². The quantitative estimate of drug-likeness (QED) is 0.175. The van der Waals surface area contributed by atoms with Gasteiger partial charge in [-0.3, -0.25) is 0 Å². The van der Waals surface area contributed by atoms with Gasteiger partial charge in [0.25, 0.3) is 0 Å². The Morgan fingerprint density at radius 2 is 1.02 bits per heavy atom. The highest BCUT2D eigenvalue weighted by Gasteiger charge is 2.21. The maximum absolute atomic E-state index is 9.91. The molecule has 1 heteroatoms. The summed E-state index contributed by atoms with van der Waals surface area (Å²) in [7, 11) is 0. The van der Waals surface area contributed by atoms with Gasteiger partial charge in [0.15, 0.2) is 0 Å². The monoisotopic (exact) mass is 639 g/mol. The van der Waals surface area contributed by atoms with E-state index in [0.717, 1.165) is 0 Å². The molecule has 10 rings (SSSR count). The Morgan fingerprint density at radius 1 is 0.367 bits per heavy atom. The van der Waals surface area contributed by atoms with Crippen LogP contribution in [0.2, 0.25) is 0 Å². The molecule has 49 heavy (non-hydrogen) atoms. The number of hydrogen-bond acceptors (Lipinski definition) is 1. The van der Waals surface area contributed by atoms with E-state index >= 15 is 0 Å². The molecule has 0 radical (unpaired) electrons. The van der Waals surface area contributed by atoms with Crippen LogP contribution in [-0.2, 0) is 0 Å². The summed E-state index contributed by atoms with van der Waals surface area (Å²) in [5.74, 6) is 0. The van der Waals surface area contributed by atoms with Crippen LogP contribution < -0.4 is 0 Å². The van der Waals surface area contributed by atoms with Gasteiger partial charge < -0.3 is 4.42 Å². The Balaban J connectivity index is 1.43. The van der Waals surface area contributed by atoms with E-state index in [1.807, 2.05) is 0 Å². The van der Waals surface area contributed by atoms with Crippen molar-refractivity contribution in [1.29, 1.82) is 0 Å². The largest absolute Gasteiger partial charge is 0.456 e. The fourth-order valence-electron chi connectivity index (χ4n) is 6.68. The van der Waals surface area contributed by atoms with Crippen LogP contribution in [-0.4, -0.2) is 0 Å². The highest BCUT2D eigenvalue weighted by atomic mass is 16.3. The second-order valence-corrected chi connectivity index (χ2v) is 11.5. The molecule has 0 aliphatic heterocycles. The highest BCUT2D eigenvalue weighted by molar-refractivity contribution is 6.27. The Labute approximate surface area is 308 Å². The molecule has 1 aromatic heterocycles. The first-order valence-electron chi connectivity index (χ1n) is 24.0. The standard InChI is InChI=1S/C48H30O/c1-3-14-31(15-4-1)33-26-27-44-43(29-33)48-41(24-13-25-45(48)49-44)46-37-20-9-11-22-39(37)47(40-23-12-10-21-38(40)46)42-30-35(32-16-5-2-6-17-32)28-34-18-7-8-19-36(34)42/h1-30H/i1D,3D,4D,7D,8D,13D,14D,15D,18D,19D,24D,25D,26D,27D,28D,29D,30D. The molecule has 0 atom stereocenters. The van der Waals surface area contributed by atoms with E-state index < -0.39 is 102 Å². The van der Waals surface area contributed by atoms with Gasteiger partial charge >= 0.3 is 0 Å². The molecule has 0 unspecified atom stereocenters. The second kappa shape index (κ2) is 11.1. The van der Waals surface area contributed by atoms with Gasteiger partial charge in [-0.2, -0.15) is 0 Å². The van der Waals surface area contributed by atoms with Crippen LogP contribution in [0.5, 0.6) is 0 Å². The Morgan fingerprint density at radius 3 is 1.76 bits per heavy atom. The molecule has 228 valence electrons. The predicted octanol–water partition coefficient (Wildman–Crippen LogP) is 13.7.